The first kappa shape index (κ1) is 24.5. The van der Waals surface area contributed by atoms with Gasteiger partial charge < -0.3 is 14.3 Å². The van der Waals surface area contributed by atoms with Crippen molar-refractivity contribution in [2.45, 2.75) is 51.9 Å². The van der Waals surface area contributed by atoms with Gasteiger partial charge in [-0.25, -0.2) is 13.2 Å². The van der Waals surface area contributed by atoms with Gasteiger partial charge in [-0.2, -0.15) is 13.2 Å². The van der Waals surface area contributed by atoms with Crippen LogP contribution in [0.5, 0.6) is 0 Å². The molecule has 0 bridgehead atoms. The van der Waals surface area contributed by atoms with Crippen molar-refractivity contribution >= 4 is 11.6 Å². The average molecular weight is 477 g/mol. The molecule has 1 aliphatic rings. The molecule has 0 saturated heterocycles. The number of rotatable bonds is 8. The number of aromatic nitrogens is 3. The Morgan fingerprint density at radius 2 is 1.85 bits per heavy atom. The number of fused-ring (bicyclic) bond motifs is 1. The van der Waals surface area contributed by atoms with Gasteiger partial charge in [0.15, 0.2) is 17.5 Å². The summed E-state index contributed by atoms with van der Waals surface area (Å²) in [7, 11) is 0. The minimum atomic E-state index is -4.67. The lowest BCUT2D eigenvalue weighted by atomic mass is 10.0. The second-order valence-electron chi connectivity index (χ2n) is 7.46. The lowest BCUT2D eigenvalue weighted by Gasteiger charge is -2.28. The van der Waals surface area contributed by atoms with Gasteiger partial charge in [0.2, 0.25) is 11.7 Å². The van der Waals surface area contributed by atoms with E-state index in [1.165, 1.54) is 4.90 Å². The summed E-state index contributed by atoms with van der Waals surface area (Å²) >= 11 is 0. The zero-order chi connectivity index (χ0) is 24.2. The highest BCUT2D eigenvalue weighted by Gasteiger charge is 2.40. The summed E-state index contributed by atoms with van der Waals surface area (Å²) in [5.74, 6) is -5.27. The monoisotopic (exact) mass is 477 g/mol. The van der Waals surface area contributed by atoms with Crippen LogP contribution in [0.1, 0.15) is 43.4 Å². The van der Waals surface area contributed by atoms with E-state index in [1.807, 2.05) is 6.92 Å². The molecule has 0 atom stereocenters. The molecule has 0 N–H and O–H groups in total. The number of amides is 1. The van der Waals surface area contributed by atoms with E-state index in [9.17, 15) is 31.1 Å². The number of hydrogen-bond acceptors (Lipinski definition) is 5. The molecule has 2 heterocycles. The molecule has 1 aromatic carbocycles. The number of unbranched alkanes of at least 4 members (excludes halogenated alkanes) is 1. The van der Waals surface area contributed by atoms with Gasteiger partial charge in [-0.1, -0.05) is 18.5 Å². The lowest BCUT2D eigenvalue weighted by Crippen LogP contribution is -2.40. The molecular weight excluding hydrogens is 456 g/mol. The molecule has 0 unspecified atom stereocenters. The number of halogens is 6. The van der Waals surface area contributed by atoms with E-state index >= 15 is 0 Å². The third-order valence-electron chi connectivity index (χ3n) is 4.98. The van der Waals surface area contributed by atoms with Crippen LogP contribution in [0.4, 0.5) is 26.3 Å². The largest absolute Gasteiger partial charge is 0.451 e. The lowest BCUT2D eigenvalue weighted by molar-refractivity contribution is -0.148. The first-order chi connectivity index (χ1) is 15.6. The molecular formula is C20H21F6N5O2. The zero-order valence-electron chi connectivity index (χ0n) is 17.6. The quantitative estimate of drug-likeness (QED) is 0.190. The molecule has 0 fully saturated rings. The number of alkyl halides is 3. The molecule has 7 nitrogen and oxygen atoms in total. The highest BCUT2D eigenvalue weighted by atomic mass is 19.4. The van der Waals surface area contributed by atoms with E-state index in [0.29, 0.717) is 18.6 Å². The number of hydrogen-bond donors (Lipinski definition) is 0. The predicted molar refractivity (Wildman–Crippen MR) is 103 cm³/mol. The number of nitrogens with zero attached hydrogens (tertiary/aromatic N) is 5. The maximum Gasteiger partial charge on any atom is 0.451 e. The fourth-order valence-corrected chi connectivity index (χ4v) is 3.26. The number of carbonyl (C=O) groups excluding carboxylic acids is 1. The first-order valence-electron chi connectivity index (χ1n) is 10.2. The molecule has 1 aliphatic heterocycles. The van der Waals surface area contributed by atoms with E-state index in [2.05, 4.69) is 15.4 Å². The number of benzene rings is 1. The third-order valence-corrected chi connectivity index (χ3v) is 4.98. The molecule has 0 aliphatic carbocycles. The van der Waals surface area contributed by atoms with Crippen LogP contribution in [0.25, 0.3) is 0 Å². The first-order valence-corrected chi connectivity index (χ1v) is 10.2. The molecule has 13 heteroatoms. The highest BCUT2D eigenvalue weighted by molar-refractivity contribution is 6.01. The molecule has 0 spiro atoms. The SMILES string of the molecule is CCCCON=C(CC(=O)N1CCn2c(nnc2C(F)(F)F)C1)Cc1cc(F)c(F)cc1F. The van der Waals surface area contributed by atoms with Crippen molar-refractivity contribution in [2.75, 3.05) is 13.2 Å². The minimum Gasteiger partial charge on any atom is -0.396 e. The van der Waals surface area contributed by atoms with E-state index in [0.717, 1.165) is 11.0 Å². The van der Waals surface area contributed by atoms with Gasteiger partial charge in [0, 0.05) is 25.6 Å². The van der Waals surface area contributed by atoms with E-state index < -0.39 is 35.4 Å². The minimum absolute atomic E-state index is 0.0220. The maximum atomic E-state index is 14.1. The van der Waals surface area contributed by atoms with Crippen LogP contribution in [-0.2, 0) is 35.3 Å². The van der Waals surface area contributed by atoms with Crippen LogP contribution in [0.2, 0.25) is 0 Å². The van der Waals surface area contributed by atoms with Crippen molar-refractivity contribution in [3.05, 3.63) is 46.8 Å². The summed E-state index contributed by atoms with van der Waals surface area (Å²) < 4.78 is 80.7. The van der Waals surface area contributed by atoms with Gasteiger partial charge in [-0.15, -0.1) is 10.2 Å². The Hall–Kier alpha value is -3.12. The van der Waals surface area contributed by atoms with Crippen molar-refractivity contribution in [1.29, 1.82) is 0 Å². The van der Waals surface area contributed by atoms with Crippen LogP contribution in [0.3, 0.4) is 0 Å². The van der Waals surface area contributed by atoms with Crippen molar-refractivity contribution in [3.8, 4) is 0 Å². The summed E-state index contributed by atoms with van der Waals surface area (Å²) in [5.41, 5.74) is -0.156. The maximum absolute atomic E-state index is 14.1. The third kappa shape index (κ3) is 6.02. The van der Waals surface area contributed by atoms with Crippen molar-refractivity contribution in [3.63, 3.8) is 0 Å². The number of oxime groups is 1. The molecule has 0 saturated carbocycles. The van der Waals surface area contributed by atoms with Crippen LogP contribution in [0.15, 0.2) is 17.3 Å². The van der Waals surface area contributed by atoms with E-state index in [-0.39, 0.29) is 56.2 Å². The Bertz CT molecular complexity index is 1040. The summed E-state index contributed by atoms with van der Waals surface area (Å²) in [5, 5.41) is 10.6. The fraction of sp³-hybridized carbons (Fsp3) is 0.500. The zero-order valence-corrected chi connectivity index (χ0v) is 17.6. The second kappa shape index (κ2) is 10.2. The molecule has 33 heavy (non-hydrogen) atoms. The van der Waals surface area contributed by atoms with Gasteiger partial charge in [-0.3, -0.25) is 4.79 Å². The van der Waals surface area contributed by atoms with Crippen LogP contribution in [0, 0.1) is 17.5 Å². The van der Waals surface area contributed by atoms with Crippen molar-refractivity contribution in [1.82, 2.24) is 19.7 Å². The predicted octanol–water partition coefficient (Wildman–Crippen LogP) is 3.86. The molecule has 0 radical (unpaired) electrons. The Labute approximate surface area is 185 Å². The van der Waals surface area contributed by atoms with E-state index in [4.69, 9.17) is 4.84 Å². The average Bonchev–Trinajstić information content (AvgIpc) is 3.18. The van der Waals surface area contributed by atoms with Crippen molar-refractivity contribution in [2.24, 2.45) is 5.16 Å². The summed E-state index contributed by atoms with van der Waals surface area (Å²) in [6.07, 6.45) is -3.85. The smallest absolute Gasteiger partial charge is 0.396 e. The van der Waals surface area contributed by atoms with Gasteiger partial charge >= 0.3 is 6.18 Å². The Morgan fingerprint density at radius 3 is 2.55 bits per heavy atom. The fourth-order valence-electron chi connectivity index (χ4n) is 3.26. The molecule has 3 rings (SSSR count). The topological polar surface area (TPSA) is 72.6 Å². The molecule has 1 amide bonds. The summed E-state index contributed by atoms with van der Waals surface area (Å²) in [6.45, 7) is 1.77. The normalized spacial score (nSPS) is 14.4. The second-order valence-corrected chi connectivity index (χ2v) is 7.46. The number of carbonyl (C=O) groups is 1. The van der Waals surface area contributed by atoms with Crippen LogP contribution < -0.4 is 0 Å². The molecule has 180 valence electrons. The molecule has 2 aromatic rings. The van der Waals surface area contributed by atoms with Crippen LogP contribution in [-0.4, -0.2) is 44.4 Å². The molecule has 1 aromatic heterocycles. The van der Waals surface area contributed by atoms with Gasteiger partial charge in [0.25, 0.3) is 0 Å². The Morgan fingerprint density at radius 1 is 1.12 bits per heavy atom. The van der Waals surface area contributed by atoms with Gasteiger partial charge in [-0.05, 0) is 18.1 Å². The highest BCUT2D eigenvalue weighted by Crippen LogP contribution is 2.29. The van der Waals surface area contributed by atoms with Gasteiger partial charge in [0.05, 0.1) is 18.7 Å². The van der Waals surface area contributed by atoms with E-state index in [1.54, 1.807) is 0 Å². The standard InChI is InChI=1S/C20H21F6N5O2/c1-2-3-6-33-29-13(7-12-8-15(22)16(23)10-14(12)21)9-18(32)30-4-5-31-17(11-30)27-28-19(31)20(24,25)26/h8,10H,2-7,9,11H2,1H3. The Balaban J connectivity index is 1.73. The van der Waals surface area contributed by atoms with Crippen LogP contribution >= 0.6 is 0 Å². The summed E-state index contributed by atoms with van der Waals surface area (Å²) in [4.78, 5) is 19.2. The van der Waals surface area contributed by atoms with Crippen molar-refractivity contribution < 1.29 is 36.0 Å². The summed E-state index contributed by atoms with van der Waals surface area (Å²) in [6, 6.07) is 1.08. The Kier molecular flexibility index (Phi) is 7.59. The van der Waals surface area contributed by atoms with Gasteiger partial charge in [0.1, 0.15) is 12.4 Å².